The Balaban J connectivity index is 2.48. The summed E-state index contributed by atoms with van der Waals surface area (Å²) in [4.78, 5) is 7.87. The highest BCUT2D eigenvalue weighted by molar-refractivity contribution is 5.36. The molecule has 5 heteroatoms. The van der Waals surface area contributed by atoms with Gasteiger partial charge in [-0.05, 0) is 0 Å². The van der Waals surface area contributed by atoms with Gasteiger partial charge in [-0.1, -0.05) is 0 Å². The highest BCUT2D eigenvalue weighted by Gasteiger charge is 2.23. The Hall–Kier alpha value is -1.52. The minimum atomic E-state index is 0.324. The molecule has 2 aliphatic rings. The van der Waals surface area contributed by atoms with E-state index in [9.17, 15) is 0 Å². The van der Waals surface area contributed by atoms with Gasteiger partial charge in [-0.3, -0.25) is 0 Å². The summed E-state index contributed by atoms with van der Waals surface area (Å²) in [5.41, 5.74) is 0.997. The van der Waals surface area contributed by atoms with Crippen molar-refractivity contribution in [1.82, 2.24) is 0 Å². The summed E-state index contributed by atoms with van der Waals surface area (Å²) >= 11 is 0. The third kappa shape index (κ3) is 0.508. The molecule has 1 aromatic rings. The van der Waals surface area contributed by atoms with Gasteiger partial charge in [0.1, 0.15) is 0 Å². The molecule has 56 valence electrons. The molecule has 3 rings (SSSR count). The Kier molecular flexibility index (Phi) is 0.730. The normalized spacial score (nSPS) is 17.5. The third-order valence-corrected chi connectivity index (χ3v) is 1.62. The third-order valence-electron chi connectivity index (χ3n) is 1.62. The van der Waals surface area contributed by atoms with Crippen LogP contribution in [0.4, 0.5) is 0 Å². The molecule has 5 nitrogen and oxygen atoms in total. The lowest BCUT2D eigenvalue weighted by Crippen LogP contribution is -1.96. The molecule has 0 amide bonds. The van der Waals surface area contributed by atoms with Crippen LogP contribution in [0.5, 0.6) is 11.5 Å². The van der Waals surface area contributed by atoms with E-state index in [0.717, 1.165) is 0 Å². The molecule has 0 saturated heterocycles. The second-order valence-electron chi connectivity index (χ2n) is 2.23. The number of rotatable bonds is 0. The van der Waals surface area contributed by atoms with E-state index in [2.05, 4.69) is 9.98 Å². The average molecular weight is 152 g/mol. The van der Waals surface area contributed by atoms with Crippen LogP contribution in [0.3, 0.4) is 0 Å². The summed E-state index contributed by atoms with van der Waals surface area (Å²) in [5.74, 6) is 1.20. The predicted octanol–water partition coefficient (Wildman–Crippen LogP) is -0.781. The van der Waals surface area contributed by atoms with Crippen molar-refractivity contribution in [3.05, 3.63) is 11.1 Å². The lowest BCUT2D eigenvalue weighted by atomic mass is 10.5. The van der Waals surface area contributed by atoms with Crippen molar-refractivity contribution < 1.29 is 13.9 Å². The van der Waals surface area contributed by atoms with Crippen molar-refractivity contribution in [2.24, 2.45) is 9.98 Å². The van der Waals surface area contributed by atoms with Crippen molar-refractivity contribution in [3.8, 4) is 11.5 Å². The number of hydrogen-bond donors (Lipinski definition) is 0. The Labute approximate surface area is 61.0 Å². The van der Waals surface area contributed by atoms with Gasteiger partial charge in [-0.2, -0.15) is 0 Å². The number of nitrogens with zero attached hydrogens (tertiary/aromatic N) is 2. The smallest absolute Gasteiger partial charge is 0.266 e. The van der Waals surface area contributed by atoms with Crippen LogP contribution in [0.15, 0.2) is 14.4 Å². The summed E-state index contributed by atoms with van der Waals surface area (Å²) in [6.45, 7) is 0.648. The van der Waals surface area contributed by atoms with E-state index in [1.54, 1.807) is 0 Å². The average Bonchev–Trinajstić information content (AvgIpc) is 2.52. The molecule has 0 saturated carbocycles. The van der Waals surface area contributed by atoms with Gasteiger partial charge in [-0.15, -0.1) is 0 Å². The van der Waals surface area contributed by atoms with Crippen molar-refractivity contribution in [1.29, 1.82) is 0 Å². The standard InChI is InChI=1S/C6H4N2O3/c1-7-5-3(9-1)4-6(11-5)8-2-10-4/h1-2H2. The quantitative estimate of drug-likeness (QED) is 0.490. The van der Waals surface area contributed by atoms with E-state index in [1.807, 2.05) is 0 Å². The van der Waals surface area contributed by atoms with Gasteiger partial charge in [0, 0.05) is 0 Å². The minimum Gasteiger partial charge on any atom is -0.462 e. The molecule has 0 fully saturated rings. The molecule has 0 N–H and O–H groups in total. The summed E-state index contributed by atoms with van der Waals surface area (Å²) < 4.78 is 15.5. The zero-order chi connectivity index (χ0) is 7.26. The maximum atomic E-state index is 5.19. The molecule has 0 aromatic carbocycles. The topological polar surface area (TPSA) is 56.3 Å². The highest BCUT2D eigenvalue weighted by Crippen LogP contribution is 2.23. The van der Waals surface area contributed by atoms with E-state index in [0.29, 0.717) is 36.1 Å². The Bertz CT molecular complexity index is 381. The van der Waals surface area contributed by atoms with Crippen LogP contribution in [-0.2, 0) is 0 Å². The Morgan fingerprint density at radius 3 is 2.00 bits per heavy atom. The lowest BCUT2D eigenvalue weighted by Gasteiger charge is -1.94. The molecule has 11 heavy (non-hydrogen) atoms. The number of fused-ring (bicyclic) bond motifs is 3. The van der Waals surface area contributed by atoms with Crippen LogP contribution in [0.2, 0.25) is 0 Å². The number of ether oxygens (including phenoxy) is 2. The molecule has 0 unspecified atom stereocenters. The van der Waals surface area contributed by atoms with Gasteiger partial charge in [0.25, 0.3) is 11.1 Å². The van der Waals surface area contributed by atoms with Gasteiger partial charge in [0.05, 0.1) is 0 Å². The van der Waals surface area contributed by atoms with Crippen molar-refractivity contribution in [2.45, 2.75) is 0 Å². The lowest BCUT2D eigenvalue weighted by molar-refractivity contribution is 0.304. The molecule has 1 aromatic heterocycles. The molecule has 0 bridgehead atoms. The molecular formula is C6H4N2O3. The summed E-state index contributed by atoms with van der Waals surface area (Å²) in [6, 6.07) is 0. The van der Waals surface area contributed by atoms with Gasteiger partial charge >= 0.3 is 0 Å². The first kappa shape index (κ1) is 5.17. The van der Waals surface area contributed by atoms with Crippen LogP contribution in [0.25, 0.3) is 0 Å². The Morgan fingerprint density at radius 1 is 0.909 bits per heavy atom. The van der Waals surface area contributed by atoms with Crippen LogP contribution in [0, 0.1) is 0 Å². The van der Waals surface area contributed by atoms with Crippen molar-refractivity contribution in [2.75, 3.05) is 13.5 Å². The fourth-order valence-electron chi connectivity index (χ4n) is 1.15. The Morgan fingerprint density at radius 2 is 1.45 bits per heavy atom. The molecule has 0 aliphatic carbocycles. The maximum Gasteiger partial charge on any atom is 0.266 e. The largest absolute Gasteiger partial charge is 0.462 e. The van der Waals surface area contributed by atoms with E-state index in [1.165, 1.54) is 0 Å². The van der Waals surface area contributed by atoms with E-state index in [4.69, 9.17) is 13.9 Å². The second-order valence-corrected chi connectivity index (χ2v) is 2.23. The van der Waals surface area contributed by atoms with Crippen LogP contribution in [0.1, 0.15) is 0 Å². The van der Waals surface area contributed by atoms with E-state index in [-0.39, 0.29) is 0 Å². The van der Waals surface area contributed by atoms with Gasteiger partial charge in [0.2, 0.25) is 11.5 Å². The maximum absolute atomic E-state index is 5.19. The predicted molar refractivity (Wildman–Crippen MR) is 32.0 cm³/mol. The molecule has 2 aliphatic heterocycles. The van der Waals surface area contributed by atoms with Gasteiger partial charge in [0.15, 0.2) is 13.5 Å². The minimum absolute atomic E-state index is 0.324. The fraction of sp³-hybridized carbons (Fsp3) is 0.333. The van der Waals surface area contributed by atoms with E-state index < -0.39 is 0 Å². The zero-order valence-electron chi connectivity index (χ0n) is 5.53. The SMILES string of the molecule is C1N=c2oc3c(c2O1)OCN=3. The molecular weight excluding hydrogens is 148 g/mol. The molecule has 3 heterocycles. The number of furan rings is 1. The molecule has 0 spiro atoms. The van der Waals surface area contributed by atoms with E-state index >= 15 is 0 Å². The van der Waals surface area contributed by atoms with Crippen LogP contribution in [-0.4, -0.2) is 13.5 Å². The summed E-state index contributed by atoms with van der Waals surface area (Å²) in [6.07, 6.45) is 0. The van der Waals surface area contributed by atoms with Crippen molar-refractivity contribution >= 4 is 0 Å². The summed E-state index contributed by atoms with van der Waals surface area (Å²) in [5, 5.41) is 0. The first-order chi connectivity index (χ1) is 5.45. The van der Waals surface area contributed by atoms with Gasteiger partial charge in [-0.25, -0.2) is 9.98 Å². The van der Waals surface area contributed by atoms with Crippen molar-refractivity contribution in [3.63, 3.8) is 0 Å². The zero-order valence-corrected chi connectivity index (χ0v) is 5.53. The van der Waals surface area contributed by atoms with Crippen LogP contribution >= 0.6 is 0 Å². The monoisotopic (exact) mass is 152 g/mol. The second kappa shape index (κ2) is 1.55. The van der Waals surface area contributed by atoms with Crippen LogP contribution < -0.4 is 20.6 Å². The molecule has 0 atom stereocenters. The van der Waals surface area contributed by atoms with Gasteiger partial charge < -0.3 is 13.9 Å². The first-order valence-electron chi connectivity index (χ1n) is 3.22. The fourth-order valence-corrected chi connectivity index (χ4v) is 1.15. The number of hydrogen-bond acceptors (Lipinski definition) is 5. The highest BCUT2D eigenvalue weighted by atomic mass is 16.6. The summed E-state index contributed by atoms with van der Waals surface area (Å²) in [7, 11) is 0. The molecule has 0 radical (unpaired) electrons. The first-order valence-corrected chi connectivity index (χ1v) is 3.22.